The number of thiophene rings is 1. The number of sulfonamides is 1. The van der Waals surface area contributed by atoms with E-state index < -0.39 is 21.9 Å². The third kappa shape index (κ3) is 2.43. The maximum absolute atomic E-state index is 12.4. The summed E-state index contributed by atoms with van der Waals surface area (Å²) in [5.41, 5.74) is 0.720. The third-order valence-electron chi connectivity index (χ3n) is 3.12. The van der Waals surface area contributed by atoms with E-state index in [1.54, 1.807) is 18.4 Å². The van der Waals surface area contributed by atoms with Crippen molar-refractivity contribution in [2.75, 3.05) is 13.1 Å². The minimum Gasteiger partial charge on any atom is -0.481 e. The van der Waals surface area contributed by atoms with Crippen LogP contribution in [0, 0.1) is 12.8 Å². The zero-order valence-corrected chi connectivity index (χ0v) is 11.6. The van der Waals surface area contributed by atoms with Gasteiger partial charge in [0, 0.05) is 13.1 Å². The zero-order chi connectivity index (χ0) is 13.3. The van der Waals surface area contributed by atoms with Crippen LogP contribution in [0.2, 0.25) is 0 Å². The van der Waals surface area contributed by atoms with Gasteiger partial charge in [-0.05, 0) is 36.8 Å². The molecule has 100 valence electrons. The van der Waals surface area contributed by atoms with Crippen LogP contribution in [0.1, 0.15) is 18.4 Å². The van der Waals surface area contributed by atoms with Crippen molar-refractivity contribution in [2.24, 2.45) is 5.92 Å². The topological polar surface area (TPSA) is 74.7 Å². The Hall–Kier alpha value is -0.920. The second-order valence-corrected chi connectivity index (χ2v) is 7.48. The standard InChI is InChI=1S/C11H15NO4S2/c1-8-4-6-17-11(8)18(15,16)12-5-2-3-9(7-12)10(13)14/h4,6,9H,2-3,5,7H2,1H3,(H,13,14). The van der Waals surface area contributed by atoms with Crippen molar-refractivity contribution in [1.82, 2.24) is 4.31 Å². The van der Waals surface area contributed by atoms with Crippen LogP contribution in [-0.4, -0.2) is 36.9 Å². The molecule has 0 aliphatic carbocycles. The Labute approximate surface area is 110 Å². The lowest BCUT2D eigenvalue weighted by Gasteiger charge is -2.29. The number of aliphatic carboxylic acids is 1. The predicted octanol–water partition coefficient (Wildman–Crippen LogP) is 1.54. The van der Waals surface area contributed by atoms with Crippen molar-refractivity contribution in [2.45, 2.75) is 24.0 Å². The molecule has 0 spiro atoms. The van der Waals surface area contributed by atoms with Gasteiger partial charge in [-0.15, -0.1) is 11.3 Å². The minimum absolute atomic E-state index is 0.0784. The highest BCUT2D eigenvalue weighted by molar-refractivity contribution is 7.91. The molecular weight excluding hydrogens is 274 g/mol. The smallest absolute Gasteiger partial charge is 0.307 e. The maximum atomic E-state index is 12.4. The van der Waals surface area contributed by atoms with Crippen molar-refractivity contribution < 1.29 is 18.3 Å². The Balaban J connectivity index is 2.26. The van der Waals surface area contributed by atoms with Crippen molar-refractivity contribution in [3.8, 4) is 0 Å². The molecule has 1 aromatic heterocycles. The summed E-state index contributed by atoms with van der Waals surface area (Å²) in [5.74, 6) is -1.51. The van der Waals surface area contributed by atoms with Crippen molar-refractivity contribution in [3.05, 3.63) is 17.0 Å². The quantitative estimate of drug-likeness (QED) is 0.916. The first kappa shape index (κ1) is 13.5. The minimum atomic E-state index is -3.53. The van der Waals surface area contributed by atoms with E-state index in [1.165, 1.54) is 15.6 Å². The van der Waals surface area contributed by atoms with E-state index in [4.69, 9.17) is 5.11 Å². The number of carbonyl (C=O) groups is 1. The second-order valence-electron chi connectivity index (χ2n) is 4.43. The molecule has 1 aliphatic heterocycles. The highest BCUT2D eigenvalue weighted by Gasteiger charge is 2.34. The maximum Gasteiger partial charge on any atom is 0.307 e. The molecule has 1 atom stereocenters. The number of hydrogen-bond acceptors (Lipinski definition) is 4. The predicted molar refractivity (Wildman–Crippen MR) is 68.2 cm³/mol. The molecule has 18 heavy (non-hydrogen) atoms. The third-order valence-corrected chi connectivity index (χ3v) is 6.65. The van der Waals surface area contributed by atoms with Crippen LogP contribution in [0.5, 0.6) is 0 Å². The van der Waals surface area contributed by atoms with Gasteiger partial charge in [-0.25, -0.2) is 8.42 Å². The van der Waals surface area contributed by atoms with Gasteiger partial charge in [0.1, 0.15) is 4.21 Å². The van der Waals surface area contributed by atoms with Gasteiger partial charge in [0.05, 0.1) is 5.92 Å². The van der Waals surface area contributed by atoms with Crippen molar-refractivity contribution in [1.29, 1.82) is 0 Å². The van der Waals surface area contributed by atoms with Gasteiger partial charge in [0.2, 0.25) is 0 Å². The number of hydrogen-bond donors (Lipinski definition) is 1. The lowest BCUT2D eigenvalue weighted by atomic mass is 10.0. The summed E-state index contributed by atoms with van der Waals surface area (Å²) < 4.78 is 26.4. The van der Waals surface area contributed by atoms with E-state index in [0.717, 1.165) is 5.56 Å². The fraction of sp³-hybridized carbons (Fsp3) is 0.545. The highest BCUT2D eigenvalue weighted by atomic mass is 32.2. The number of nitrogens with zero attached hydrogens (tertiary/aromatic N) is 1. The number of carboxylic acid groups (broad SMARTS) is 1. The first-order chi connectivity index (χ1) is 8.43. The van der Waals surface area contributed by atoms with Crippen LogP contribution in [-0.2, 0) is 14.8 Å². The zero-order valence-electron chi connectivity index (χ0n) is 10.00. The highest BCUT2D eigenvalue weighted by Crippen LogP contribution is 2.29. The number of rotatable bonds is 3. The average molecular weight is 289 g/mol. The van der Waals surface area contributed by atoms with Crippen LogP contribution in [0.4, 0.5) is 0 Å². The summed E-state index contributed by atoms with van der Waals surface area (Å²) >= 11 is 1.18. The van der Waals surface area contributed by atoms with E-state index in [0.29, 0.717) is 23.6 Å². The molecule has 0 radical (unpaired) electrons. The summed E-state index contributed by atoms with van der Waals surface area (Å²) in [5, 5.41) is 10.7. The number of carboxylic acids is 1. The number of aryl methyl sites for hydroxylation is 1. The summed E-state index contributed by atoms with van der Waals surface area (Å²) in [6, 6.07) is 1.76. The fourth-order valence-electron chi connectivity index (χ4n) is 2.10. The van der Waals surface area contributed by atoms with Gasteiger partial charge < -0.3 is 5.11 Å². The summed E-state index contributed by atoms with van der Waals surface area (Å²) in [6.45, 7) is 2.24. The SMILES string of the molecule is Cc1ccsc1S(=O)(=O)N1CCCC(C(=O)O)C1. The van der Waals surface area contributed by atoms with Gasteiger partial charge in [0.25, 0.3) is 10.0 Å². The average Bonchev–Trinajstić information content (AvgIpc) is 2.76. The first-order valence-corrected chi connectivity index (χ1v) is 8.02. The van der Waals surface area contributed by atoms with E-state index in [1.807, 2.05) is 0 Å². The lowest BCUT2D eigenvalue weighted by molar-refractivity contribution is -0.142. The fourth-order valence-corrected chi connectivity index (χ4v) is 5.18. The number of piperidine rings is 1. The van der Waals surface area contributed by atoms with Crippen molar-refractivity contribution >= 4 is 27.3 Å². The van der Waals surface area contributed by atoms with E-state index in [-0.39, 0.29) is 6.54 Å². The Morgan fingerprint density at radius 1 is 1.56 bits per heavy atom. The summed E-state index contributed by atoms with van der Waals surface area (Å²) in [6.07, 6.45) is 1.14. The normalized spacial score (nSPS) is 21.9. The molecule has 1 unspecified atom stereocenters. The van der Waals surface area contributed by atoms with Crippen LogP contribution in [0.25, 0.3) is 0 Å². The molecule has 1 saturated heterocycles. The summed E-state index contributed by atoms with van der Waals surface area (Å²) in [7, 11) is -3.53. The molecule has 1 fully saturated rings. The first-order valence-electron chi connectivity index (χ1n) is 5.70. The van der Waals surface area contributed by atoms with Crippen LogP contribution >= 0.6 is 11.3 Å². The molecule has 0 aromatic carbocycles. The molecule has 0 bridgehead atoms. The second kappa shape index (κ2) is 4.99. The van der Waals surface area contributed by atoms with E-state index >= 15 is 0 Å². The Morgan fingerprint density at radius 2 is 2.28 bits per heavy atom. The van der Waals surface area contributed by atoms with Gasteiger partial charge in [-0.2, -0.15) is 4.31 Å². The van der Waals surface area contributed by atoms with E-state index in [9.17, 15) is 13.2 Å². The van der Waals surface area contributed by atoms with Crippen LogP contribution < -0.4 is 0 Å². The van der Waals surface area contributed by atoms with Gasteiger partial charge >= 0.3 is 5.97 Å². The molecule has 2 rings (SSSR count). The van der Waals surface area contributed by atoms with Crippen molar-refractivity contribution in [3.63, 3.8) is 0 Å². The molecule has 1 aliphatic rings. The molecule has 1 N–H and O–H groups in total. The van der Waals surface area contributed by atoms with Gasteiger partial charge in [-0.1, -0.05) is 0 Å². The summed E-state index contributed by atoms with van der Waals surface area (Å²) in [4.78, 5) is 11.0. The van der Waals surface area contributed by atoms with Gasteiger partial charge in [-0.3, -0.25) is 4.79 Å². The lowest BCUT2D eigenvalue weighted by Crippen LogP contribution is -2.42. The molecule has 1 aromatic rings. The Bertz CT molecular complexity index is 549. The van der Waals surface area contributed by atoms with Gasteiger partial charge in [0.15, 0.2) is 0 Å². The largest absolute Gasteiger partial charge is 0.481 e. The van der Waals surface area contributed by atoms with Crippen LogP contribution in [0.15, 0.2) is 15.7 Å². The Kier molecular flexibility index (Phi) is 3.74. The molecule has 2 heterocycles. The molecule has 0 amide bonds. The molecule has 0 saturated carbocycles. The molecule has 7 heteroatoms. The molecule has 5 nitrogen and oxygen atoms in total. The molecular formula is C11H15NO4S2. The van der Waals surface area contributed by atoms with E-state index in [2.05, 4.69) is 0 Å². The monoisotopic (exact) mass is 289 g/mol. The van der Waals surface area contributed by atoms with Crippen LogP contribution in [0.3, 0.4) is 0 Å². The Morgan fingerprint density at radius 3 is 2.83 bits per heavy atom.